The van der Waals surface area contributed by atoms with E-state index in [2.05, 4.69) is 0 Å². The standard InChI is InChI=1S/C6H13NO6.ClH/c7-6(13)5(12)4(11)3(10)2(9)1-8;/h1-6,9-13H,7H2;1H/t2-,3+,4+,5-,6?;/m0./s1. The highest BCUT2D eigenvalue weighted by molar-refractivity contribution is 5.85. The average Bonchev–Trinajstić information content (AvgIpc) is 2.12. The van der Waals surface area contributed by atoms with Crippen LogP contribution in [0.5, 0.6) is 0 Å². The predicted octanol–water partition coefficient (Wildman–Crippen LogP) is -3.67. The lowest BCUT2D eigenvalue weighted by Gasteiger charge is -2.25. The third-order valence-corrected chi connectivity index (χ3v) is 1.54. The van der Waals surface area contributed by atoms with E-state index >= 15 is 0 Å². The van der Waals surface area contributed by atoms with Gasteiger partial charge in [-0.25, -0.2) is 0 Å². The Morgan fingerprint density at radius 3 is 1.64 bits per heavy atom. The van der Waals surface area contributed by atoms with Crippen LogP contribution in [-0.4, -0.2) is 62.5 Å². The van der Waals surface area contributed by atoms with Crippen molar-refractivity contribution in [2.24, 2.45) is 5.73 Å². The molecule has 0 fully saturated rings. The molecule has 7 N–H and O–H groups in total. The van der Waals surface area contributed by atoms with Crippen LogP contribution in [0.2, 0.25) is 0 Å². The zero-order valence-corrected chi connectivity index (χ0v) is 7.91. The van der Waals surface area contributed by atoms with Crippen LogP contribution in [0.3, 0.4) is 0 Å². The number of halogens is 1. The van der Waals surface area contributed by atoms with E-state index in [1.807, 2.05) is 0 Å². The summed E-state index contributed by atoms with van der Waals surface area (Å²) in [6.45, 7) is 0. The molecule has 0 bridgehead atoms. The Morgan fingerprint density at radius 2 is 1.36 bits per heavy atom. The van der Waals surface area contributed by atoms with Crippen LogP contribution in [0, 0.1) is 0 Å². The van der Waals surface area contributed by atoms with Gasteiger partial charge < -0.3 is 36.1 Å². The number of hydrogen-bond acceptors (Lipinski definition) is 7. The molecule has 86 valence electrons. The van der Waals surface area contributed by atoms with Crippen LogP contribution in [-0.2, 0) is 4.79 Å². The highest BCUT2D eigenvalue weighted by Gasteiger charge is 2.32. The molecule has 0 saturated carbocycles. The molecule has 0 spiro atoms. The van der Waals surface area contributed by atoms with E-state index in [1.54, 1.807) is 0 Å². The van der Waals surface area contributed by atoms with Gasteiger partial charge in [-0.1, -0.05) is 0 Å². The zero-order valence-electron chi connectivity index (χ0n) is 7.09. The van der Waals surface area contributed by atoms with Gasteiger partial charge in [0.05, 0.1) is 0 Å². The van der Waals surface area contributed by atoms with Gasteiger partial charge in [0, 0.05) is 0 Å². The van der Waals surface area contributed by atoms with Gasteiger partial charge in [-0.2, -0.15) is 0 Å². The average molecular weight is 232 g/mol. The topological polar surface area (TPSA) is 144 Å². The molecule has 14 heavy (non-hydrogen) atoms. The van der Waals surface area contributed by atoms with Crippen LogP contribution in [0.25, 0.3) is 0 Å². The molecule has 0 rings (SSSR count). The van der Waals surface area contributed by atoms with Crippen LogP contribution in [0.1, 0.15) is 0 Å². The summed E-state index contributed by atoms with van der Waals surface area (Å²) in [5.74, 6) is 0. The van der Waals surface area contributed by atoms with Crippen molar-refractivity contribution >= 4 is 18.7 Å². The molecule has 0 aromatic carbocycles. The van der Waals surface area contributed by atoms with E-state index in [0.29, 0.717) is 0 Å². The minimum atomic E-state index is -1.89. The molecular weight excluding hydrogens is 218 g/mol. The van der Waals surface area contributed by atoms with E-state index in [0.717, 1.165) is 0 Å². The second-order valence-corrected chi connectivity index (χ2v) is 2.59. The summed E-state index contributed by atoms with van der Waals surface area (Å²) < 4.78 is 0. The number of carbonyl (C=O) groups excluding carboxylic acids is 1. The summed E-state index contributed by atoms with van der Waals surface area (Å²) in [5.41, 5.74) is 4.78. The maximum absolute atomic E-state index is 9.95. The first-order valence-electron chi connectivity index (χ1n) is 3.53. The highest BCUT2D eigenvalue weighted by atomic mass is 35.5. The molecule has 0 heterocycles. The van der Waals surface area contributed by atoms with Crippen molar-refractivity contribution in [2.75, 3.05) is 0 Å². The number of carbonyl (C=O) groups is 1. The Balaban J connectivity index is 0. The molecule has 0 radical (unpaired) electrons. The lowest BCUT2D eigenvalue weighted by atomic mass is 10.0. The van der Waals surface area contributed by atoms with Gasteiger partial charge in [0.15, 0.2) is 6.29 Å². The summed E-state index contributed by atoms with van der Waals surface area (Å²) in [6, 6.07) is 0. The number of aldehydes is 1. The molecule has 0 aliphatic heterocycles. The molecule has 0 aliphatic rings. The first-order chi connectivity index (χ1) is 5.91. The smallest absolute Gasteiger partial charge is 0.151 e. The summed E-state index contributed by atoms with van der Waals surface area (Å²) >= 11 is 0. The Hall–Kier alpha value is -0.280. The van der Waals surface area contributed by atoms with Crippen LogP contribution >= 0.6 is 12.4 Å². The number of rotatable bonds is 5. The zero-order chi connectivity index (χ0) is 10.6. The van der Waals surface area contributed by atoms with Crippen molar-refractivity contribution < 1.29 is 30.3 Å². The first kappa shape index (κ1) is 16.2. The van der Waals surface area contributed by atoms with Gasteiger partial charge in [-0.05, 0) is 0 Å². The summed E-state index contributed by atoms with van der Waals surface area (Å²) in [7, 11) is 0. The minimum absolute atomic E-state index is 0. The fourth-order valence-corrected chi connectivity index (χ4v) is 0.687. The van der Waals surface area contributed by atoms with Gasteiger partial charge in [-0.15, -0.1) is 12.4 Å². The van der Waals surface area contributed by atoms with E-state index in [4.69, 9.17) is 31.3 Å². The normalized spacial score (nSPS) is 21.3. The molecule has 0 aromatic heterocycles. The quantitative estimate of drug-likeness (QED) is 0.211. The molecule has 8 heteroatoms. The van der Waals surface area contributed by atoms with Gasteiger partial charge >= 0.3 is 0 Å². The van der Waals surface area contributed by atoms with Crippen molar-refractivity contribution in [3.63, 3.8) is 0 Å². The second kappa shape index (κ2) is 7.07. The number of aliphatic hydroxyl groups excluding tert-OH is 5. The summed E-state index contributed by atoms with van der Waals surface area (Å²) in [6.07, 6.45) is -9.20. The lowest BCUT2D eigenvalue weighted by molar-refractivity contribution is -0.143. The Morgan fingerprint density at radius 1 is 0.929 bits per heavy atom. The first-order valence-corrected chi connectivity index (χ1v) is 3.53. The molecular formula is C6H14ClNO6. The number of hydrogen-bond donors (Lipinski definition) is 6. The van der Waals surface area contributed by atoms with E-state index in [9.17, 15) is 4.79 Å². The van der Waals surface area contributed by atoms with Crippen LogP contribution < -0.4 is 5.73 Å². The molecule has 7 nitrogen and oxygen atoms in total. The van der Waals surface area contributed by atoms with Crippen molar-refractivity contribution in [3.8, 4) is 0 Å². The third-order valence-electron chi connectivity index (χ3n) is 1.54. The van der Waals surface area contributed by atoms with Gasteiger partial charge in [0.1, 0.15) is 30.6 Å². The Kier molecular flexibility index (Phi) is 8.16. The molecule has 0 amide bonds. The molecule has 5 atom stereocenters. The second-order valence-electron chi connectivity index (χ2n) is 2.59. The molecule has 0 aromatic rings. The summed E-state index contributed by atoms with van der Waals surface area (Å²) in [4.78, 5) is 9.95. The fourth-order valence-electron chi connectivity index (χ4n) is 0.687. The fraction of sp³-hybridized carbons (Fsp3) is 0.833. The number of aliphatic hydroxyl groups is 5. The molecule has 1 unspecified atom stereocenters. The van der Waals surface area contributed by atoms with E-state index < -0.39 is 30.6 Å². The Labute approximate surface area is 86.2 Å². The molecule has 0 aliphatic carbocycles. The maximum atomic E-state index is 9.95. The SMILES string of the molecule is Cl.NC(O)[C@@H](O)[C@H](O)[C@H](O)[C@@H](O)C=O. The van der Waals surface area contributed by atoms with Gasteiger partial charge in [-0.3, -0.25) is 0 Å². The summed E-state index contributed by atoms with van der Waals surface area (Å²) in [5, 5.41) is 44.1. The van der Waals surface area contributed by atoms with Crippen molar-refractivity contribution in [3.05, 3.63) is 0 Å². The van der Waals surface area contributed by atoms with E-state index in [1.165, 1.54) is 0 Å². The highest BCUT2D eigenvalue weighted by Crippen LogP contribution is 2.05. The largest absolute Gasteiger partial charge is 0.387 e. The number of nitrogens with two attached hydrogens (primary N) is 1. The Bertz CT molecular complexity index is 168. The van der Waals surface area contributed by atoms with Crippen molar-refractivity contribution in [2.45, 2.75) is 30.6 Å². The maximum Gasteiger partial charge on any atom is 0.151 e. The third kappa shape index (κ3) is 4.29. The van der Waals surface area contributed by atoms with Crippen LogP contribution in [0.15, 0.2) is 0 Å². The van der Waals surface area contributed by atoms with Crippen molar-refractivity contribution in [1.29, 1.82) is 0 Å². The monoisotopic (exact) mass is 231 g/mol. The van der Waals surface area contributed by atoms with Gasteiger partial charge in [0.25, 0.3) is 0 Å². The van der Waals surface area contributed by atoms with Crippen LogP contribution in [0.4, 0.5) is 0 Å². The van der Waals surface area contributed by atoms with Gasteiger partial charge in [0.2, 0.25) is 0 Å². The predicted molar refractivity (Wildman–Crippen MR) is 47.5 cm³/mol. The lowest BCUT2D eigenvalue weighted by Crippen LogP contribution is -2.51. The van der Waals surface area contributed by atoms with Crippen molar-refractivity contribution in [1.82, 2.24) is 0 Å². The molecule has 0 saturated heterocycles. The minimum Gasteiger partial charge on any atom is -0.387 e. The van der Waals surface area contributed by atoms with E-state index in [-0.39, 0.29) is 18.7 Å².